The third-order valence-electron chi connectivity index (χ3n) is 4.28. The van der Waals surface area contributed by atoms with Gasteiger partial charge in [-0.15, -0.1) is 0 Å². The van der Waals surface area contributed by atoms with Crippen molar-refractivity contribution in [2.75, 3.05) is 26.3 Å². The molecule has 0 aromatic heterocycles. The van der Waals surface area contributed by atoms with Crippen molar-refractivity contribution in [3.8, 4) is 0 Å². The molecule has 6 N–H and O–H groups in total. The van der Waals surface area contributed by atoms with Gasteiger partial charge in [0.05, 0.1) is 26.1 Å². The minimum absolute atomic E-state index is 0. The summed E-state index contributed by atoms with van der Waals surface area (Å²) in [5.74, 6) is -3.34. The van der Waals surface area contributed by atoms with E-state index in [1.165, 1.54) is 27.7 Å². The average molecular weight is 463 g/mol. The fourth-order valence-electron chi connectivity index (χ4n) is 1.88. The van der Waals surface area contributed by atoms with Gasteiger partial charge >= 0.3 is 49.7 Å². The van der Waals surface area contributed by atoms with Gasteiger partial charge in [-0.1, -0.05) is 27.7 Å². The van der Waals surface area contributed by atoms with Gasteiger partial charge in [0.15, 0.2) is 0 Å². The molecule has 0 spiro atoms. The molecule has 0 aliphatic carbocycles. The molecule has 2 amide bonds. The number of amides is 2. The molecule has 11 nitrogen and oxygen atoms in total. The molecule has 30 heavy (non-hydrogen) atoms. The Balaban J connectivity index is 0. The van der Waals surface area contributed by atoms with Crippen LogP contribution in [0.3, 0.4) is 0 Å². The Morgan fingerprint density at radius 2 is 1.07 bits per heavy atom. The van der Waals surface area contributed by atoms with Crippen molar-refractivity contribution in [3.05, 3.63) is 0 Å². The number of hydrogen-bond acceptors (Lipinski definition) is 9. The summed E-state index contributed by atoms with van der Waals surface area (Å²) in [5.41, 5.74) is -2.10. The van der Waals surface area contributed by atoms with E-state index in [-0.39, 0.29) is 63.7 Å². The van der Waals surface area contributed by atoms with E-state index < -0.39 is 60.0 Å². The Morgan fingerprint density at radius 1 is 0.767 bits per heavy atom. The van der Waals surface area contributed by atoms with Crippen LogP contribution in [0.1, 0.15) is 40.5 Å². The summed E-state index contributed by atoms with van der Waals surface area (Å²) in [5, 5.41) is 42.4. The zero-order valence-corrected chi connectivity index (χ0v) is 17.2. The Labute approximate surface area is 205 Å². The first-order valence-electron chi connectivity index (χ1n) is 9.15. The zero-order valence-electron chi connectivity index (χ0n) is 17.2. The van der Waals surface area contributed by atoms with E-state index in [2.05, 4.69) is 15.4 Å². The van der Waals surface area contributed by atoms with Crippen molar-refractivity contribution >= 4 is 61.5 Å². The molecule has 0 aliphatic rings. The van der Waals surface area contributed by atoms with Gasteiger partial charge in [0.1, 0.15) is 12.2 Å². The Morgan fingerprint density at radius 3 is 1.33 bits per heavy atom. The van der Waals surface area contributed by atoms with Gasteiger partial charge < -0.3 is 35.8 Å². The molecule has 2 atom stereocenters. The van der Waals surface area contributed by atoms with Crippen molar-refractivity contribution < 1.29 is 44.3 Å². The first-order valence-corrected chi connectivity index (χ1v) is 9.15. The zero-order chi connectivity index (χ0) is 22.8. The van der Waals surface area contributed by atoms with Gasteiger partial charge in [-0.25, -0.2) is 0 Å². The van der Waals surface area contributed by atoms with Gasteiger partial charge in [-0.2, -0.15) is 0 Å². The molecule has 0 aromatic carbocycles. The predicted octanol–water partition coefficient (Wildman–Crippen LogP) is -3.09. The predicted molar refractivity (Wildman–Crippen MR) is 109 cm³/mol. The topological polar surface area (TPSA) is 182 Å². The number of ether oxygens (including phenoxy) is 1. The van der Waals surface area contributed by atoms with Crippen molar-refractivity contribution in [2.45, 2.75) is 52.7 Å². The first kappa shape index (κ1) is 31.4. The van der Waals surface area contributed by atoms with E-state index in [9.17, 15) is 29.4 Å². The second kappa shape index (κ2) is 14.3. The van der Waals surface area contributed by atoms with Crippen LogP contribution in [0.25, 0.3) is 0 Å². The van der Waals surface area contributed by atoms with Gasteiger partial charge in [0.2, 0.25) is 11.8 Å². The van der Waals surface area contributed by atoms with E-state index in [0.29, 0.717) is 0 Å². The summed E-state index contributed by atoms with van der Waals surface area (Å²) in [6.07, 6.45) is -3.58. The molecule has 0 saturated carbocycles. The van der Waals surface area contributed by atoms with Gasteiger partial charge in [0, 0.05) is 23.9 Å². The van der Waals surface area contributed by atoms with Crippen LogP contribution in [0.2, 0.25) is 0 Å². The second-order valence-corrected chi connectivity index (χ2v) is 8.03. The molecule has 0 rings (SSSR count). The van der Waals surface area contributed by atoms with Crippen LogP contribution < -0.4 is 10.6 Å². The van der Waals surface area contributed by atoms with Crippen LogP contribution in [-0.4, -0.2) is 120 Å². The Kier molecular flexibility index (Phi) is 14.9. The number of aliphatic hydroxyl groups excluding tert-OH is 4. The van der Waals surface area contributed by atoms with Crippen molar-refractivity contribution in [3.63, 3.8) is 0 Å². The SMILES string of the molecule is CC(C)(CO)[C@@H](O)C(=O)NCCC(=O)OC(=O)CCNC(=O)[C@H](O)C(C)(C)CO.[CaH2]. The molecule has 0 fully saturated rings. The van der Waals surface area contributed by atoms with E-state index in [1.54, 1.807) is 0 Å². The van der Waals surface area contributed by atoms with Gasteiger partial charge in [-0.05, 0) is 0 Å². The molecule has 0 radical (unpaired) electrons. The number of carbonyl (C=O) groups is 4. The second-order valence-electron chi connectivity index (χ2n) is 8.03. The van der Waals surface area contributed by atoms with Gasteiger partial charge in [-0.3, -0.25) is 19.2 Å². The number of rotatable bonds is 12. The van der Waals surface area contributed by atoms with Gasteiger partial charge in [0.25, 0.3) is 0 Å². The van der Waals surface area contributed by atoms with E-state index in [4.69, 9.17) is 10.2 Å². The molecule has 0 aromatic rings. The molecular formula is C18H34CaN2O9. The summed E-state index contributed by atoms with van der Waals surface area (Å²) in [6, 6.07) is 0. The molecule has 0 heterocycles. The van der Waals surface area contributed by atoms with Crippen molar-refractivity contribution in [2.24, 2.45) is 10.8 Å². The number of carbonyl (C=O) groups excluding carboxylic acids is 4. The van der Waals surface area contributed by atoms with Crippen LogP contribution in [0.4, 0.5) is 0 Å². The standard InChI is InChI=1S/C18H32N2O9.Ca.2H/c1-17(2,9-21)13(25)15(27)19-7-5-11(23)29-12(24)6-8-20-16(28)14(26)18(3,4)10-22;;;/h13-14,21-22,25-26H,5-10H2,1-4H3,(H,19,27)(H,20,28);;;/t13-,14-;;;/m0.../s1. The maximum atomic E-state index is 11.7. The molecule has 0 bridgehead atoms. The van der Waals surface area contributed by atoms with Crippen LogP contribution >= 0.6 is 0 Å². The number of esters is 2. The van der Waals surface area contributed by atoms with Crippen LogP contribution in [0.5, 0.6) is 0 Å². The summed E-state index contributed by atoms with van der Waals surface area (Å²) < 4.78 is 4.53. The first-order chi connectivity index (χ1) is 13.3. The third kappa shape index (κ3) is 11.0. The number of hydrogen-bond donors (Lipinski definition) is 6. The maximum absolute atomic E-state index is 11.7. The Bertz CT molecular complexity index is 546. The van der Waals surface area contributed by atoms with E-state index in [1.807, 2.05) is 0 Å². The number of aliphatic hydroxyl groups is 4. The van der Waals surface area contributed by atoms with E-state index in [0.717, 1.165) is 0 Å². The molecule has 172 valence electrons. The summed E-state index contributed by atoms with van der Waals surface area (Å²) in [6.45, 7) is 4.79. The normalized spacial score (nSPS) is 13.5. The van der Waals surface area contributed by atoms with E-state index >= 15 is 0 Å². The molecular weight excluding hydrogens is 428 g/mol. The molecule has 12 heteroatoms. The Hall–Kier alpha value is -0.820. The monoisotopic (exact) mass is 462 g/mol. The minimum atomic E-state index is -1.47. The number of nitrogens with one attached hydrogen (secondary N) is 2. The molecule has 0 unspecified atom stereocenters. The fraction of sp³-hybridized carbons (Fsp3) is 0.778. The quantitative estimate of drug-likeness (QED) is 0.0994. The molecule has 0 saturated heterocycles. The average Bonchev–Trinajstić information content (AvgIpc) is 2.66. The summed E-state index contributed by atoms with van der Waals surface area (Å²) >= 11 is 0. The van der Waals surface area contributed by atoms with Crippen LogP contribution in [0, 0.1) is 10.8 Å². The molecule has 0 aliphatic heterocycles. The van der Waals surface area contributed by atoms with Crippen molar-refractivity contribution in [1.29, 1.82) is 0 Å². The van der Waals surface area contributed by atoms with Crippen LogP contribution in [-0.2, 0) is 23.9 Å². The summed E-state index contributed by atoms with van der Waals surface area (Å²) in [4.78, 5) is 46.6. The third-order valence-corrected chi connectivity index (χ3v) is 4.28. The van der Waals surface area contributed by atoms with Crippen LogP contribution in [0.15, 0.2) is 0 Å². The fourth-order valence-corrected chi connectivity index (χ4v) is 1.88. The summed E-state index contributed by atoms with van der Waals surface area (Å²) in [7, 11) is 0. The van der Waals surface area contributed by atoms with Crippen molar-refractivity contribution in [1.82, 2.24) is 10.6 Å².